The first kappa shape index (κ1) is 18.0. The van der Waals surface area contributed by atoms with Crippen molar-refractivity contribution in [3.8, 4) is 5.75 Å². The lowest BCUT2D eigenvalue weighted by Crippen LogP contribution is -2.49. The Morgan fingerprint density at radius 3 is 2.50 bits per heavy atom. The number of para-hydroxylation sites is 2. The molecule has 0 bridgehead atoms. The standard InChI is InChI=1S/C18H18ClN3O4/c1-26-17-7-6-13(19)12-14(17)18(23)21-10-8-20(9-11-21)15-4-2-3-5-16(15)22(24)25/h2-7,12H,8-11H2,1H3. The normalized spacial score (nSPS) is 14.2. The van der Waals surface area contributed by atoms with Gasteiger partial charge in [0.2, 0.25) is 0 Å². The van der Waals surface area contributed by atoms with Crippen LogP contribution in [0.1, 0.15) is 10.4 Å². The molecule has 1 fully saturated rings. The number of amides is 1. The van der Waals surface area contributed by atoms with Crippen LogP contribution in [0.25, 0.3) is 0 Å². The van der Waals surface area contributed by atoms with E-state index in [0.717, 1.165) is 0 Å². The summed E-state index contributed by atoms with van der Waals surface area (Å²) in [6.07, 6.45) is 0. The second-order valence-electron chi connectivity index (χ2n) is 5.87. The molecule has 1 amide bonds. The number of nitrogens with zero attached hydrogens (tertiary/aromatic N) is 3. The van der Waals surface area contributed by atoms with Gasteiger partial charge < -0.3 is 14.5 Å². The van der Waals surface area contributed by atoms with Crippen LogP contribution in [0.2, 0.25) is 5.02 Å². The van der Waals surface area contributed by atoms with Gasteiger partial charge in [-0.05, 0) is 24.3 Å². The van der Waals surface area contributed by atoms with E-state index >= 15 is 0 Å². The Kier molecular flexibility index (Phi) is 5.27. The fourth-order valence-corrected chi connectivity index (χ4v) is 3.23. The maximum atomic E-state index is 12.8. The van der Waals surface area contributed by atoms with Gasteiger partial charge in [0, 0.05) is 37.3 Å². The van der Waals surface area contributed by atoms with Gasteiger partial charge in [-0.25, -0.2) is 0 Å². The monoisotopic (exact) mass is 375 g/mol. The third-order valence-electron chi connectivity index (χ3n) is 4.38. The Hall–Kier alpha value is -2.80. The lowest BCUT2D eigenvalue weighted by molar-refractivity contribution is -0.384. The lowest BCUT2D eigenvalue weighted by atomic mass is 10.1. The molecule has 3 rings (SSSR count). The summed E-state index contributed by atoms with van der Waals surface area (Å²) in [4.78, 5) is 27.3. The van der Waals surface area contributed by atoms with E-state index in [0.29, 0.717) is 48.2 Å². The largest absolute Gasteiger partial charge is 0.496 e. The third-order valence-corrected chi connectivity index (χ3v) is 4.61. The first-order valence-electron chi connectivity index (χ1n) is 8.12. The van der Waals surface area contributed by atoms with E-state index in [1.165, 1.54) is 13.2 Å². The maximum absolute atomic E-state index is 12.8. The molecule has 2 aromatic rings. The minimum absolute atomic E-state index is 0.0730. The third kappa shape index (κ3) is 3.57. The van der Waals surface area contributed by atoms with Crippen molar-refractivity contribution >= 4 is 28.9 Å². The van der Waals surface area contributed by atoms with Crippen molar-refractivity contribution in [1.82, 2.24) is 4.90 Å². The van der Waals surface area contributed by atoms with Gasteiger partial charge in [0.1, 0.15) is 11.4 Å². The zero-order valence-corrected chi connectivity index (χ0v) is 15.0. The molecule has 0 aliphatic carbocycles. The van der Waals surface area contributed by atoms with Gasteiger partial charge in [0.15, 0.2) is 0 Å². The molecule has 2 aromatic carbocycles. The van der Waals surface area contributed by atoms with Crippen molar-refractivity contribution in [1.29, 1.82) is 0 Å². The van der Waals surface area contributed by atoms with E-state index in [-0.39, 0.29) is 16.5 Å². The molecule has 0 unspecified atom stereocenters. The molecule has 0 aromatic heterocycles. The van der Waals surface area contributed by atoms with E-state index in [9.17, 15) is 14.9 Å². The molecule has 1 aliphatic rings. The van der Waals surface area contributed by atoms with Crippen LogP contribution >= 0.6 is 11.6 Å². The predicted octanol–water partition coefficient (Wildman–Crippen LogP) is 3.22. The molecule has 0 spiro atoms. The minimum Gasteiger partial charge on any atom is -0.496 e. The second-order valence-corrected chi connectivity index (χ2v) is 6.31. The van der Waals surface area contributed by atoms with Crippen LogP contribution in [-0.4, -0.2) is 49.0 Å². The number of ether oxygens (including phenoxy) is 1. The zero-order chi connectivity index (χ0) is 18.7. The van der Waals surface area contributed by atoms with Crippen LogP contribution in [0.4, 0.5) is 11.4 Å². The number of nitro benzene ring substituents is 1. The van der Waals surface area contributed by atoms with Crippen LogP contribution in [-0.2, 0) is 0 Å². The van der Waals surface area contributed by atoms with E-state index in [1.54, 1.807) is 41.3 Å². The fourth-order valence-electron chi connectivity index (χ4n) is 3.05. The topological polar surface area (TPSA) is 75.9 Å². The highest BCUT2D eigenvalue weighted by molar-refractivity contribution is 6.31. The number of anilines is 1. The summed E-state index contributed by atoms with van der Waals surface area (Å²) >= 11 is 6.01. The molecule has 136 valence electrons. The quantitative estimate of drug-likeness (QED) is 0.605. The molecular formula is C18H18ClN3O4. The molecule has 1 saturated heterocycles. The Labute approximate surface area is 155 Å². The molecule has 7 nitrogen and oxygen atoms in total. The summed E-state index contributed by atoms with van der Waals surface area (Å²) in [7, 11) is 1.51. The Balaban J connectivity index is 1.74. The number of rotatable bonds is 4. The second kappa shape index (κ2) is 7.61. The van der Waals surface area contributed by atoms with Crippen molar-refractivity contribution in [3.63, 3.8) is 0 Å². The van der Waals surface area contributed by atoms with E-state index in [2.05, 4.69) is 0 Å². The van der Waals surface area contributed by atoms with Gasteiger partial charge in [-0.15, -0.1) is 0 Å². The summed E-state index contributed by atoms with van der Waals surface area (Å²) in [5.74, 6) is 0.312. The first-order chi connectivity index (χ1) is 12.5. The molecule has 26 heavy (non-hydrogen) atoms. The van der Waals surface area contributed by atoms with Gasteiger partial charge in [-0.3, -0.25) is 14.9 Å². The SMILES string of the molecule is COc1ccc(Cl)cc1C(=O)N1CCN(c2ccccc2[N+](=O)[O-])CC1. The van der Waals surface area contributed by atoms with Crippen LogP contribution in [0, 0.1) is 10.1 Å². The number of nitro groups is 1. The number of hydrogen-bond acceptors (Lipinski definition) is 5. The van der Waals surface area contributed by atoms with Crippen LogP contribution in [0.5, 0.6) is 5.75 Å². The average Bonchev–Trinajstić information content (AvgIpc) is 2.67. The number of methoxy groups -OCH3 is 1. The number of piperazine rings is 1. The summed E-state index contributed by atoms with van der Waals surface area (Å²) < 4.78 is 5.25. The van der Waals surface area contributed by atoms with Gasteiger partial charge in [0.05, 0.1) is 17.6 Å². The van der Waals surface area contributed by atoms with E-state index in [4.69, 9.17) is 16.3 Å². The highest BCUT2D eigenvalue weighted by atomic mass is 35.5. The molecular weight excluding hydrogens is 358 g/mol. The van der Waals surface area contributed by atoms with E-state index in [1.807, 2.05) is 4.90 Å². The van der Waals surface area contributed by atoms with E-state index < -0.39 is 0 Å². The number of hydrogen-bond donors (Lipinski definition) is 0. The summed E-state index contributed by atoms with van der Waals surface area (Å²) in [6, 6.07) is 11.6. The van der Waals surface area contributed by atoms with Crippen LogP contribution in [0.3, 0.4) is 0 Å². The Bertz CT molecular complexity index is 835. The summed E-state index contributed by atoms with van der Waals surface area (Å²) in [5.41, 5.74) is 1.06. The number of halogens is 1. The highest BCUT2D eigenvalue weighted by Crippen LogP contribution is 2.29. The predicted molar refractivity (Wildman–Crippen MR) is 99.2 cm³/mol. The van der Waals surface area contributed by atoms with Crippen molar-refractivity contribution in [2.75, 3.05) is 38.2 Å². The lowest BCUT2D eigenvalue weighted by Gasteiger charge is -2.36. The number of benzene rings is 2. The molecule has 0 radical (unpaired) electrons. The molecule has 0 saturated carbocycles. The van der Waals surface area contributed by atoms with Crippen molar-refractivity contribution in [2.24, 2.45) is 0 Å². The maximum Gasteiger partial charge on any atom is 0.292 e. The summed E-state index contributed by atoms with van der Waals surface area (Å²) in [5, 5.41) is 11.7. The first-order valence-corrected chi connectivity index (χ1v) is 8.50. The van der Waals surface area contributed by atoms with Crippen molar-refractivity contribution in [3.05, 3.63) is 63.2 Å². The van der Waals surface area contributed by atoms with Crippen LogP contribution < -0.4 is 9.64 Å². The zero-order valence-electron chi connectivity index (χ0n) is 14.2. The number of carbonyl (C=O) groups excluding carboxylic acids is 1. The van der Waals surface area contributed by atoms with Gasteiger partial charge >= 0.3 is 0 Å². The van der Waals surface area contributed by atoms with Crippen molar-refractivity contribution in [2.45, 2.75) is 0 Å². The smallest absolute Gasteiger partial charge is 0.292 e. The van der Waals surface area contributed by atoms with Gasteiger partial charge in [-0.1, -0.05) is 23.7 Å². The average molecular weight is 376 g/mol. The Morgan fingerprint density at radius 2 is 1.85 bits per heavy atom. The molecule has 8 heteroatoms. The molecule has 0 atom stereocenters. The summed E-state index contributed by atoms with van der Waals surface area (Å²) in [6.45, 7) is 1.94. The fraction of sp³-hybridized carbons (Fsp3) is 0.278. The van der Waals surface area contributed by atoms with Gasteiger partial charge in [-0.2, -0.15) is 0 Å². The molecule has 0 N–H and O–H groups in total. The van der Waals surface area contributed by atoms with Crippen molar-refractivity contribution < 1.29 is 14.5 Å². The van der Waals surface area contributed by atoms with Crippen LogP contribution in [0.15, 0.2) is 42.5 Å². The highest BCUT2D eigenvalue weighted by Gasteiger charge is 2.27. The van der Waals surface area contributed by atoms with Gasteiger partial charge in [0.25, 0.3) is 11.6 Å². The Morgan fingerprint density at radius 1 is 1.15 bits per heavy atom. The minimum atomic E-state index is -0.385. The molecule has 1 heterocycles. The number of carbonyl (C=O) groups is 1. The molecule has 1 aliphatic heterocycles.